The van der Waals surface area contributed by atoms with E-state index in [4.69, 9.17) is 21.1 Å². The molecule has 4 nitrogen and oxygen atoms in total. The molecule has 1 heterocycles. The molecular weight excluding hydrogens is 278 g/mol. The molecule has 1 aliphatic rings. The Morgan fingerprint density at radius 3 is 3.10 bits per heavy atom. The van der Waals surface area contributed by atoms with Gasteiger partial charge in [0.2, 0.25) is 5.91 Å². The van der Waals surface area contributed by atoms with Crippen molar-refractivity contribution >= 4 is 23.2 Å². The Bertz CT molecular complexity index is 458. The topological polar surface area (TPSA) is 47.6 Å². The number of nitrogens with one attached hydrogen (secondary N) is 1. The Labute approximate surface area is 124 Å². The number of hydrogen-bond acceptors (Lipinski definition) is 3. The summed E-state index contributed by atoms with van der Waals surface area (Å²) in [5, 5.41) is 3.45. The first-order valence-electron chi connectivity index (χ1n) is 6.90. The number of benzene rings is 1. The van der Waals surface area contributed by atoms with Gasteiger partial charge in [0.15, 0.2) is 0 Å². The highest BCUT2D eigenvalue weighted by Gasteiger charge is 2.15. The number of carbonyl (C=O) groups excluding carboxylic acids is 1. The number of aryl methyl sites for hydroxylation is 1. The molecule has 0 saturated carbocycles. The Morgan fingerprint density at radius 1 is 1.55 bits per heavy atom. The Hall–Kier alpha value is -1.10. The maximum absolute atomic E-state index is 11.7. The van der Waals surface area contributed by atoms with Crippen LogP contribution >= 0.6 is 11.6 Å². The van der Waals surface area contributed by atoms with E-state index >= 15 is 0 Å². The maximum Gasteiger partial charge on any atom is 0.226 e. The van der Waals surface area contributed by atoms with Crippen LogP contribution in [0.3, 0.4) is 0 Å². The van der Waals surface area contributed by atoms with Gasteiger partial charge in [-0.15, -0.1) is 0 Å². The van der Waals surface area contributed by atoms with Gasteiger partial charge in [0, 0.05) is 17.3 Å². The Kier molecular flexibility index (Phi) is 5.83. The fourth-order valence-corrected chi connectivity index (χ4v) is 2.23. The number of hydrogen-bond donors (Lipinski definition) is 1. The molecule has 1 unspecified atom stereocenters. The van der Waals surface area contributed by atoms with Crippen molar-refractivity contribution in [2.24, 2.45) is 0 Å². The predicted molar refractivity (Wildman–Crippen MR) is 79.2 cm³/mol. The SMILES string of the molecule is Cc1ccc(NC(=O)CCOCC2CCCO2)cc1Cl. The van der Waals surface area contributed by atoms with Gasteiger partial charge in [-0.2, -0.15) is 0 Å². The van der Waals surface area contributed by atoms with Gasteiger partial charge in [-0.25, -0.2) is 0 Å². The van der Waals surface area contributed by atoms with Gasteiger partial charge < -0.3 is 14.8 Å². The first-order valence-corrected chi connectivity index (χ1v) is 7.28. The van der Waals surface area contributed by atoms with Crippen LogP contribution in [0.4, 0.5) is 5.69 Å². The third-order valence-electron chi connectivity index (χ3n) is 3.26. The molecule has 2 rings (SSSR count). The molecular formula is C15H20ClNO3. The second-order valence-corrected chi connectivity index (χ2v) is 5.38. The molecule has 110 valence electrons. The van der Waals surface area contributed by atoms with Crippen molar-refractivity contribution in [3.05, 3.63) is 28.8 Å². The van der Waals surface area contributed by atoms with Crippen LogP contribution in [0.2, 0.25) is 5.02 Å². The summed E-state index contributed by atoms with van der Waals surface area (Å²) in [5.41, 5.74) is 1.70. The van der Waals surface area contributed by atoms with E-state index in [1.165, 1.54) is 0 Å². The number of halogens is 1. The van der Waals surface area contributed by atoms with Crippen LogP contribution in [0, 0.1) is 6.92 Å². The predicted octanol–water partition coefficient (Wildman–Crippen LogP) is 3.17. The largest absolute Gasteiger partial charge is 0.378 e. The fraction of sp³-hybridized carbons (Fsp3) is 0.533. The minimum atomic E-state index is -0.0720. The first-order chi connectivity index (χ1) is 9.65. The molecule has 0 spiro atoms. The lowest BCUT2D eigenvalue weighted by Crippen LogP contribution is -2.18. The lowest BCUT2D eigenvalue weighted by molar-refractivity contribution is -0.117. The van der Waals surface area contributed by atoms with Gasteiger partial charge in [0.05, 0.1) is 25.7 Å². The van der Waals surface area contributed by atoms with Gasteiger partial charge in [0.1, 0.15) is 0 Å². The zero-order valence-corrected chi connectivity index (χ0v) is 12.4. The number of amides is 1. The molecule has 5 heteroatoms. The maximum atomic E-state index is 11.7. The number of ether oxygens (including phenoxy) is 2. The third-order valence-corrected chi connectivity index (χ3v) is 3.66. The summed E-state index contributed by atoms with van der Waals surface area (Å²) in [5.74, 6) is -0.0720. The van der Waals surface area contributed by atoms with E-state index in [2.05, 4.69) is 5.32 Å². The van der Waals surface area contributed by atoms with Crippen molar-refractivity contribution in [2.75, 3.05) is 25.1 Å². The van der Waals surface area contributed by atoms with E-state index in [-0.39, 0.29) is 12.0 Å². The monoisotopic (exact) mass is 297 g/mol. The van der Waals surface area contributed by atoms with Gasteiger partial charge in [0.25, 0.3) is 0 Å². The summed E-state index contributed by atoms with van der Waals surface area (Å²) in [6.07, 6.45) is 2.68. The fourth-order valence-electron chi connectivity index (χ4n) is 2.05. The van der Waals surface area contributed by atoms with Crippen molar-refractivity contribution in [3.63, 3.8) is 0 Å². The third kappa shape index (κ3) is 4.78. The molecule has 0 bridgehead atoms. The van der Waals surface area contributed by atoms with Gasteiger partial charge in [-0.3, -0.25) is 4.79 Å². The van der Waals surface area contributed by atoms with E-state index in [9.17, 15) is 4.79 Å². The molecule has 20 heavy (non-hydrogen) atoms. The highest BCUT2D eigenvalue weighted by Crippen LogP contribution is 2.20. The van der Waals surface area contributed by atoms with E-state index in [0.717, 1.165) is 25.0 Å². The molecule has 1 amide bonds. The Balaban J connectivity index is 1.65. The molecule has 0 aliphatic carbocycles. The summed E-state index contributed by atoms with van der Waals surface area (Å²) >= 11 is 6.01. The molecule has 1 N–H and O–H groups in total. The normalized spacial score (nSPS) is 18.2. The average Bonchev–Trinajstić information content (AvgIpc) is 2.92. The highest BCUT2D eigenvalue weighted by molar-refractivity contribution is 6.31. The summed E-state index contributed by atoms with van der Waals surface area (Å²) in [6, 6.07) is 5.47. The van der Waals surface area contributed by atoms with Crippen LogP contribution in [0.15, 0.2) is 18.2 Å². The zero-order valence-electron chi connectivity index (χ0n) is 11.7. The van der Waals surface area contributed by atoms with Crippen molar-refractivity contribution in [1.29, 1.82) is 0 Å². The van der Waals surface area contributed by atoms with Crippen molar-refractivity contribution in [2.45, 2.75) is 32.3 Å². The summed E-state index contributed by atoms with van der Waals surface area (Å²) in [6.45, 7) is 3.73. The van der Waals surface area contributed by atoms with E-state index < -0.39 is 0 Å². The van der Waals surface area contributed by atoms with Crippen LogP contribution < -0.4 is 5.32 Å². The molecule has 0 aromatic heterocycles. The standard InChI is InChI=1S/C15H20ClNO3/c1-11-4-5-12(9-14(11)16)17-15(18)6-8-19-10-13-3-2-7-20-13/h4-5,9,13H,2-3,6-8,10H2,1H3,(H,17,18). The second kappa shape index (κ2) is 7.62. The van der Waals surface area contributed by atoms with Crippen LogP contribution in [0.5, 0.6) is 0 Å². The average molecular weight is 298 g/mol. The van der Waals surface area contributed by atoms with Gasteiger partial charge in [-0.1, -0.05) is 17.7 Å². The molecule has 1 atom stereocenters. The molecule has 1 saturated heterocycles. The van der Waals surface area contributed by atoms with E-state index in [1.54, 1.807) is 6.07 Å². The van der Waals surface area contributed by atoms with E-state index in [0.29, 0.717) is 30.3 Å². The molecule has 1 fully saturated rings. The minimum absolute atomic E-state index is 0.0720. The number of rotatable bonds is 6. The molecule has 0 radical (unpaired) electrons. The van der Waals surface area contributed by atoms with E-state index in [1.807, 2.05) is 19.1 Å². The van der Waals surface area contributed by atoms with Crippen LogP contribution in [-0.4, -0.2) is 31.8 Å². The van der Waals surface area contributed by atoms with Crippen molar-refractivity contribution < 1.29 is 14.3 Å². The first kappa shape index (κ1) is 15.3. The second-order valence-electron chi connectivity index (χ2n) is 4.97. The van der Waals surface area contributed by atoms with Crippen molar-refractivity contribution in [1.82, 2.24) is 0 Å². The molecule has 1 aliphatic heterocycles. The molecule has 1 aromatic rings. The van der Waals surface area contributed by atoms with Crippen LogP contribution in [0.1, 0.15) is 24.8 Å². The van der Waals surface area contributed by atoms with Gasteiger partial charge in [-0.05, 0) is 37.5 Å². The number of carbonyl (C=O) groups is 1. The summed E-state index contributed by atoms with van der Waals surface area (Å²) in [7, 11) is 0. The van der Waals surface area contributed by atoms with Crippen LogP contribution in [0.25, 0.3) is 0 Å². The molecule has 1 aromatic carbocycles. The highest BCUT2D eigenvalue weighted by atomic mass is 35.5. The number of anilines is 1. The van der Waals surface area contributed by atoms with Crippen molar-refractivity contribution in [3.8, 4) is 0 Å². The minimum Gasteiger partial charge on any atom is -0.378 e. The smallest absolute Gasteiger partial charge is 0.226 e. The lowest BCUT2D eigenvalue weighted by atomic mass is 10.2. The quantitative estimate of drug-likeness (QED) is 0.821. The van der Waals surface area contributed by atoms with Crippen LogP contribution in [-0.2, 0) is 14.3 Å². The summed E-state index contributed by atoms with van der Waals surface area (Å²) in [4.78, 5) is 11.7. The lowest BCUT2D eigenvalue weighted by Gasteiger charge is -2.10. The zero-order chi connectivity index (χ0) is 14.4. The van der Waals surface area contributed by atoms with Gasteiger partial charge >= 0.3 is 0 Å². The Morgan fingerprint density at radius 2 is 2.40 bits per heavy atom. The summed E-state index contributed by atoms with van der Waals surface area (Å²) < 4.78 is 10.9.